The molecule has 0 aliphatic carbocycles. The zero-order chi connectivity index (χ0) is 13.4. The van der Waals surface area contributed by atoms with Crippen molar-refractivity contribution in [2.45, 2.75) is 18.4 Å². The van der Waals surface area contributed by atoms with E-state index in [4.69, 9.17) is 18.6 Å². The summed E-state index contributed by atoms with van der Waals surface area (Å²) >= 11 is 0. The summed E-state index contributed by atoms with van der Waals surface area (Å²) in [4.78, 5) is 0. The minimum absolute atomic E-state index is 0.202. The summed E-state index contributed by atoms with van der Waals surface area (Å²) in [5.41, 5.74) is 0. The Morgan fingerprint density at radius 1 is 1.00 bits per heavy atom. The maximum Gasteiger partial charge on any atom is 0.260 e. The van der Waals surface area contributed by atoms with E-state index >= 15 is 0 Å². The fourth-order valence-electron chi connectivity index (χ4n) is 2.41. The van der Waals surface area contributed by atoms with Crippen LogP contribution in [0.3, 0.4) is 0 Å². The molecule has 0 N–H and O–H groups in total. The monoisotopic (exact) mass is 274 g/mol. The van der Waals surface area contributed by atoms with Crippen molar-refractivity contribution >= 4 is 0 Å². The summed E-state index contributed by atoms with van der Waals surface area (Å²) in [6, 6.07) is 7.55. The number of para-hydroxylation sites is 2. The number of hydrogen-bond donors (Lipinski definition) is 0. The highest BCUT2D eigenvalue weighted by atomic mass is 16.6. The molecule has 2 unspecified atom stereocenters. The maximum atomic E-state index is 5.84. The first-order chi connectivity index (χ1) is 9.90. The molecule has 0 amide bonds. The molecule has 4 rings (SSSR count). The Bertz CT molecular complexity index is 607. The van der Waals surface area contributed by atoms with E-state index < -0.39 is 0 Å². The highest BCUT2D eigenvalue weighted by Crippen LogP contribution is 2.36. The zero-order valence-corrected chi connectivity index (χ0v) is 10.8. The van der Waals surface area contributed by atoms with Gasteiger partial charge in [0.05, 0.1) is 12.5 Å². The highest BCUT2D eigenvalue weighted by molar-refractivity contribution is 5.40. The van der Waals surface area contributed by atoms with Crippen LogP contribution < -0.4 is 9.47 Å². The van der Waals surface area contributed by atoms with E-state index in [-0.39, 0.29) is 12.0 Å². The molecule has 2 aromatic rings. The maximum absolute atomic E-state index is 5.84. The Balaban J connectivity index is 1.54. The topological polar surface area (TPSA) is 66.6 Å². The Hall–Kier alpha value is -2.08. The van der Waals surface area contributed by atoms with Gasteiger partial charge in [-0.05, 0) is 18.6 Å². The molecule has 1 saturated heterocycles. The van der Waals surface area contributed by atoms with Crippen molar-refractivity contribution in [1.82, 2.24) is 10.2 Å². The van der Waals surface area contributed by atoms with Crippen molar-refractivity contribution in [3.8, 4) is 11.5 Å². The van der Waals surface area contributed by atoms with E-state index in [1.165, 1.54) is 0 Å². The minimum atomic E-state index is -0.353. The molecule has 1 aromatic carbocycles. The predicted octanol–water partition coefficient (Wildman–Crippen LogP) is 2.09. The molecule has 2 aliphatic heterocycles. The molecule has 1 aromatic heterocycles. The molecule has 3 heterocycles. The molecule has 0 radical (unpaired) electrons. The average molecular weight is 274 g/mol. The van der Waals surface area contributed by atoms with Crippen molar-refractivity contribution in [3.05, 3.63) is 36.0 Å². The Morgan fingerprint density at radius 3 is 2.70 bits per heavy atom. The number of fused-ring (bicyclic) bond motifs is 1. The molecule has 1 fully saturated rings. The van der Waals surface area contributed by atoms with Gasteiger partial charge in [-0.15, -0.1) is 10.2 Å². The van der Waals surface area contributed by atoms with Crippen molar-refractivity contribution in [1.29, 1.82) is 0 Å². The molecular formula is C14H14N2O4. The quantitative estimate of drug-likeness (QED) is 0.835. The van der Waals surface area contributed by atoms with E-state index in [1.54, 1.807) is 0 Å². The first-order valence-electron chi connectivity index (χ1n) is 6.69. The second-order valence-corrected chi connectivity index (χ2v) is 4.90. The van der Waals surface area contributed by atoms with Gasteiger partial charge >= 0.3 is 0 Å². The van der Waals surface area contributed by atoms with Gasteiger partial charge in [0.1, 0.15) is 6.61 Å². The van der Waals surface area contributed by atoms with Crippen molar-refractivity contribution in [2.24, 2.45) is 0 Å². The van der Waals surface area contributed by atoms with Gasteiger partial charge in [0.15, 0.2) is 11.5 Å². The van der Waals surface area contributed by atoms with Gasteiger partial charge in [-0.1, -0.05) is 12.1 Å². The van der Waals surface area contributed by atoms with Gasteiger partial charge in [-0.3, -0.25) is 0 Å². The van der Waals surface area contributed by atoms with Crippen molar-refractivity contribution in [3.63, 3.8) is 0 Å². The third-order valence-electron chi connectivity index (χ3n) is 3.52. The SMILES string of the molecule is c1ccc2c(c1)OCC(c1nnc(C3CCOC3)o1)O2. The van der Waals surface area contributed by atoms with Crippen LogP contribution >= 0.6 is 0 Å². The van der Waals surface area contributed by atoms with E-state index in [0.29, 0.717) is 30.7 Å². The van der Waals surface area contributed by atoms with Crippen LogP contribution in [0.1, 0.15) is 30.2 Å². The molecule has 0 bridgehead atoms. The first-order valence-corrected chi connectivity index (χ1v) is 6.69. The second kappa shape index (κ2) is 4.79. The van der Waals surface area contributed by atoms with Gasteiger partial charge < -0.3 is 18.6 Å². The van der Waals surface area contributed by atoms with Gasteiger partial charge in [0, 0.05) is 6.61 Å². The lowest BCUT2D eigenvalue weighted by atomic mass is 10.1. The first kappa shape index (κ1) is 11.7. The molecule has 2 aliphatic rings. The van der Waals surface area contributed by atoms with E-state index in [0.717, 1.165) is 18.8 Å². The van der Waals surface area contributed by atoms with Crippen molar-refractivity contribution in [2.75, 3.05) is 19.8 Å². The van der Waals surface area contributed by atoms with Crippen LogP contribution in [0.5, 0.6) is 11.5 Å². The van der Waals surface area contributed by atoms with Crippen LogP contribution in [0.2, 0.25) is 0 Å². The minimum Gasteiger partial charge on any atom is -0.485 e. The number of benzene rings is 1. The fourth-order valence-corrected chi connectivity index (χ4v) is 2.41. The lowest BCUT2D eigenvalue weighted by Gasteiger charge is -2.23. The van der Waals surface area contributed by atoms with Crippen LogP contribution in [-0.2, 0) is 4.74 Å². The summed E-state index contributed by atoms with van der Waals surface area (Å²) in [5, 5.41) is 8.18. The van der Waals surface area contributed by atoms with Crippen molar-refractivity contribution < 1.29 is 18.6 Å². The number of aromatic nitrogens is 2. The molecule has 2 atom stereocenters. The molecule has 6 nitrogen and oxygen atoms in total. The number of rotatable bonds is 2. The Morgan fingerprint density at radius 2 is 1.85 bits per heavy atom. The molecule has 20 heavy (non-hydrogen) atoms. The van der Waals surface area contributed by atoms with Gasteiger partial charge in [-0.2, -0.15) is 0 Å². The average Bonchev–Trinajstić information content (AvgIpc) is 3.17. The molecule has 0 saturated carbocycles. The van der Waals surface area contributed by atoms with Gasteiger partial charge in [0.25, 0.3) is 5.89 Å². The molecular weight excluding hydrogens is 260 g/mol. The standard InChI is InChI=1S/C14H14N2O4/c1-2-4-11-10(3-1)18-8-12(19-11)14-16-15-13(20-14)9-5-6-17-7-9/h1-4,9,12H,5-8H2. The van der Waals surface area contributed by atoms with Gasteiger partial charge in [0.2, 0.25) is 12.0 Å². The molecule has 104 valence electrons. The normalized spacial score (nSPS) is 24.8. The van der Waals surface area contributed by atoms with Gasteiger partial charge in [-0.25, -0.2) is 0 Å². The van der Waals surface area contributed by atoms with E-state index in [9.17, 15) is 0 Å². The summed E-state index contributed by atoms with van der Waals surface area (Å²) in [6.07, 6.45) is 0.570. The van der Waals surface area contributed by atoms with Crippen LogP contribution in [0.15, 0.2) is 28.7 Å². The Kier molecular flexibility index (Phi) is 2.81. The summed E-state index contributed by atoms with van der Waals surface area (Å²) in [7, 11) is 0. The fraction of sp³-hybridized carbons (Fsp3) is 0.429. The highest BCUT2D eigenvalue weighted by Gasteiger charge is 2.30. The summed E-state index contributed by atoms with van der Waals surface area (Å²) in [6.45, 7) is 1.77. The largest absolute Gasteiger partial charge is 0.485 e. The van der Waals surface area contributed by atoms with E-state index in [2.05, 4.69) is 10.2 Å². The van der Waals surface area contributed by atoms with Crippen LogP contribution in [0.4, 0.5) is 0 Å². The Labute approximate surface area is 115 Å². The lowest BCUT2D eigenvalue weighted by Crippen LogP contribution is -2.21. The summed E-state index contributed by atoms with van der Waals surface area (Å²) in [5.74, 6) is 2.73. The predicted molar refractivity (Wildman–Crippen MR) is 67.8 cm³/mol. The number of ether oxygens (including phenoxy) is 3. The smallest absolute Gasteiger partial charge is 0.260 e. The van der Waals surface area contributed by atoms with E-state index in [1.807, 2.05) is 24.3 Å². The zero-order valence-electron chi connectivity index (χ0n) is 10.8. The lowest BCUT2D eigenvalue weighted by molar-refractivity contribution is 0.0699. The molecule has 6 heteroatoms. The van der Waals surface area contributed by atoms with Crippen LogP contribution in [0, 0.1) is 0 Å². The second-order valence-electron chi connectivity index (χ2n) is 4.90. The molecule has 0 spiro atoms. The van der Waals surface area contributed by atoms with Crippen LogP contribution in [-0.4, -0.2) is 30.0 Å². The third-order valence-corrected chi connectivity index (χ3v) is 3.52. The number of hydrogen-bond acceptors (Lipinski definition) is 6. The van der Waals surface area contributed by atoms with Crippen LogP contribution in [0.25, 0.3) is 0 Å². The number of nitrogens with zero attached hydrogens (tertiary/aromatic N) is 2. The summed E-state index contributed by atoms with van der Waals surface area (Å²) < 4.78 is 22.5. The third kappa shape index (κ3) is 2.02.